The summed E-state index contributed by atoms with van der Waals surface area (Å²) in [6, 6.07) is 13.0. The summed E-state index contributed by atoms with van der Waals surface area (Å²) in [5.74, 6) is 1.95. The van der Waals surface area contributed by atoms with Crippen LogP contribution in [0, 0.1) is 5.82 Å². The molecule has 2 bridgehead atoms. The maximum atomic E-state index is 14.1. The van der Waals surface area contributed by atoms with Crippen LogP contribution in [0.3, 0.4) is 0 Å². The molecular weight excluding hydrogens is 353 g/mol. The van der Waals surface area contributed by atoms with Crippen LogP contribution in [0.2, 0.25) is 0 Å². The zero-order valence-corrected chi connectivity index (χ0v) is 15.4. The first kappa shape index (κ1) is 16.0. The van der Waals surface area contributed by atoms with Gasteiger partial charge in [0.2, 0.25) is 0 Å². The van der Waals surface area contributed by atoms with Gasteiger partial charge >= 0.3 is 0 Å². The van der Waals surface area contributed by atoms with Crippen molar-refractivity contribution in [3.8, 4) is 11.6 Å². The molecule has 0 saturated carbocycles. The predicted molar refractivity (Wildman–Crippen MR) is 105 cm³/mol. The maximum absolute atomic E-state index is 14.1. The van der Waals surface area contributed by atoms with Crippen molar-refractivity contribution in [3.05, 3.63) is 71.9 Å². The molecule has 7 rings (SSSR count). The minimum absolute atomic E-state index is 0.183. The first-order valence-corrected chi connectivity index (χ1v) is 9.80. The summed E-state index contributed by atoms with van der Waals surface area (Å²) in [6.45, 7) is 3.10. The van der Waals surface area contributed by atoms with Gasteiger partial charge in [0.15, 0.2) is 5.82 Å². The lowest BCUT2D eigenvalue weighted by Gasteiger charge is -2.27. The van der Waals surface area contributed by atoms with Crippen molar-refractivity contribution in [3.63, 3.8) is 0 Å². The van der Waals surface area contributed by atoms with Crippen LogP contribution in [0.1, 0.15) is 30.0 Å². The van der Waals surface area contributed by atoms with Crippen molar-refractivity contribution in [2.24, 2.45) is 0 Å². The van der Waals surface area contributed by atoms with E-state index in [1.165, 1.54) is 11.3 Å². The Morgan fingerprint density at radius 2 is 1.86 bits per heavy atom. The number of aromatic nitrogens is 4. The molecule has 0 amide bonds. The van der Waals surface area contributed by atoms with Crippen molar-refractivity contribution in [1.29, 1.82) is 0 Å². The number of benzene rings is 1. The Balaban J connectivity index is 1.64. The predicted octanol–water partition coefficient (Wildman–Crippen LogP) is 4.04. The SMILES string of the molecule is Fc1ccc2c(c1)c1c(n2-c2cccc(-n3cccn3)n2)C2CCN(CC2)C1. The first-order valence-electron chi connectivity index (χ1n) is 9.80. The topological polar surface area (TPSA) is 38.9 Å². The Hall–Kier alpha value is -2.99. The molecule has 0 atom stereocenters. The highest BCUT2D eigenvalue weighted by Gasteiger charge is 2.33. The summed E-state index contributed by atoms with van der Waals surface area (Å²) in [5, 5.41) is 5.33. The van der Waals surface area contributed by atoms with Crippen LogP contribution in [0.25, 0.3) is 22.5 Å². The Morgan fingerprint density at radius 1 is 1.00 bits per heavy atom. The average Bonchev–Trinajstić information content (AvgIpc) is 3.28. The van der Waals surface area contributed by atoms with Gasteiger partial charge in [0.1, 0.15) is 11.6 Å². The summed E-state index contributed by atoms with van der Waals surface area (Å²) >= 11 is 0. The minimum atomic E-state index is -0.183. The third-order valence-corrected chi connectivity index (χ3v) is 6.12. The number of nitrogens with zero attached hydrogens (tertiary/aromatic N) is 5. The van der Waals surface area contributed by atoms with Crippen molar-refractivity contribution in [1.82, 2.24) is 24.2 Å². The maximum Gasteiger partial charge on any atom is 0.155 e. The second-order valence-corrected chi connectivity index (χ2v) is 7.72. The van der Waals surface area contributed by atoms with Gasteiger partial charge in [-0.1, -0.05) is 6.07 Å². The van der Waals surface area contributed by atoms with Crippen molar-refractivity contribution in [2.75, 3.05) is 13.1 Å². The third kappa shape index (κ3) is 2.34. The van der Waals surface area contributed by atoms with Crippen LogP contribution in [0.4, 0.5) is 4.39 Å². The molecule has 3 aliphatic heterocycles. The van der Waals surface area contributed by atoms with E-state index < -0.39 is 0 Å². The van der Waals surface area contributed by atoms with Gasteiger partial charge in [-0.05, 0) is 67.9 Å². The average molecular weight is 373 g/mol. The highest BCUT2D eigenvalue weighted by atomic mass is 19.1. The van der Waals surface area contributed by atoms with Crippen molar-refractivity contribution >= 4 is 10.9 Å². The van der Waals surface area contributed by atoms with E-state index in [9.17, 15) is 4.39 Å². The molecule has 4 aromatic rings. The molecule has 0 N–H and O–H groups in total. The molecular formula is C22H20FN5. The highest BCUT2D eigenvalue weighted by molar-refractivity contribution is 5.87. The quantitative estimate of drug-likeness (QED) is 0.532. The second kappa shape index (κ2) is 6.01. The molecule has 140 valence electrons. The minimum Gasteiger partial charge on any atom is -0.299 e. The molecule has 1 aromatic carbocycles. The lowest BCUT2D eigenvalue weighted by Crippen LogP contribution is -2.29. The summed E-state index contributed by atoms with van der Waals surface area (Å²) in [5.41, 5.74) is 3.61. The molecule has 5 nitrogen and oxygen atoms in total. The molecule has 1 fully saturated rings. The molecule has 28 heavy (non-hydrogen) atoms. The summed E-state index contributed by atoms with van der Waals surface area (Å²) < 4.78 is 18.2. The fourth-order valence-electron chi connectivity index (χ4n) is 4.85. The van der Waals surface area contributed by atoms with Gasteiger partial charge in [-0.2, -0.15) is 5.10 Å². The molecule has 0 unspecified atom stereocenters. The van der Waals surface area contributed by atoms with Gasteiger partial charge in [-0.15, -0.1) is 0 Å². The normalized spacial score (nSPS) is 21.0. The second-order valence-electron chi connectivity index (χ2n) is 7.72. The smallest absolute Gasteiger partial charge is 0.155 e. The Morgan fingerprint density at radius 3 is 2.68 bits per heavy atom. The largest absolute Gasteiger partial charge is 0.299 e. The molecule has 6 heterocycles. The van der Waals surface area contributed by atoms with E-state index >= 15 is 0 Å². The Kier molecular flexibility index (Phi) is 3.43. The monoisotopic (exact) mass is 373 g/mol. The Bertz CT molecular complexity index is 1170. The van der Waals surface area contributed by atoms with Crippen LogP contribution in [-0.2, 0) is 6.54 Å². The fourth-order valence-corrected chi connectivity index (χ4v) is 4.85. The fraction of sp³-hybridized carbons (Fsp3) is 0.273. The van der Waals surface area contributed by atoms with E-state index in [1.807, 2.05) is 36.5 Å². The molecule has 6 heteroatoms. The van der Waals surface area contributed by atoms with E-state index in [0.29, 0.717) is 5.92 Å². The molecule has 1 saturated heterocycles. The first-order chi connectivity index (χ1) is 13.8. The van der Waals surface area contributed by atoms with Gasteiger partial charge in [0, 0.05) is 35.9 Å². The zero-order chi connectivity index (χ0) is 18.7. The number of rotatable bonds is 2. The van der Waals surface area contributed by atoms with Crippen LogP contribution in [0.15, 0.2) is 54.9 Å². The number of hydrogen-bond donors (Lipinski definition) is 0. The van der Waals surface area contributed by atoms with Crippen LogP contribution >= 0.6 is 0 Å². The number of halogens is 1. The van der Waals surface area contributed by atoms with E-state index in [2.05, 4.69) is 14.6 Å². The van der Waals surface area contributed by atoms with Crippen LogP contribution < -0.4 is 0 Å². The van der Waals surface area contributed by atoms with Crippen molar-refractivity contribution < 1.29 is 4.39 Å². The number of piperidine rings is 1. The standard InChI is InChI=1S/C22H20FN5/c23-16-5-6-19-17(13-16)18-14-26-11-7-15(8-12-26)22(18)28(19)21-4-1-3-20(25-21)27-10-2-9-24-27/h1-6,9-10,13,15H,7-8,11-12,14H2. The number of fused-ring (bicyclic) bond motifs is 3. The molecule has 0 radical (unpaired) electrons. The number of hydrogen-bond acceptors (Lipinski definition) is 3. The molecule has 3 aromatic heterocycles. The zero-order valence-electron chi connectivity index (χ0n) is 15.4. The highest BCUT2D eigenvalue weighted by Crippen LogP contribution is 2.42. The molecule has 0 aliphatic carbocycles. The summed E-state index contributed by atoms with van der Waals surface area (Å²) in [4.78, 5) is 7.40. The van der Waals surface area contributed by atoms with Gasteiger partial charge in [0.05, 0.1) is 5.52 Å². The summed E-state index contributed by atoms with van der Waals surface area (Å²) in [6.07, 6.45) is 5.93. The Labute approximate surface area is 162 Å². The summed E-state index contributed by atoms with van der Waals surface area (Å²) in [7, 11) is 0. The lowest BCUT2D eigenvalue weighted by atomic mass is 9.94. The van der Waals surface area contributed by atoms with Crippen LogP contribution in [0.5, 0.6) is 0 Å². The lowest BCUT2D eigenvalue weighted by molar-refractivity contribution is 0.220. The van der Waals surface area contributed by atoms with Gasteiger partial charge in [-0.25, -0.2) is 14.1 Å². The van der Waals surface area contributed by atoms with Crippen LogP contribution in [-0.4, -0.2) is 37.3 Å². The number of pyridine rings is 1. The van der Waals surface area contributed by atoms with E-state index in [4.69, 9.17) is 4.98 Å². The van der Waals surface area contributed by atoms with Crippen molar-refractivity contribution in [2.45, 2.75) is 25.3 Å². The molecule has 3 aliphatic rings. The van der Waals surface area contributed by atoms with E-state index in [1.54, 1.807) is 23.0 Å². The van der Waals surface area contributed by atoms with E-state index in [0.717, 1.165) is 55.0 Å². The third-order valence-electron chi connectivity index (χ3n) is 6.12. The van der Waals surface area contributed by atoms with E-state index in [-0.39, 0.29) is 5.82 Å². The molecule has 0 spiro atoms. The van der Waals surface area contributed by atoms with Gasteiger partial charge in [-0.3, -0.25) is 9.47 Å². The van der Waals surface area contributed by atoms with Gasteiger partial charge in [0.25, 0.3) is 0 Å². The van der Waals surface area contributed by atoms with Gasteiger partial charge < -0.3 is 0 Å².